The molecule has 0 aromatic carbocycles. The second kappa shape index (κ2) is 6.72. The first-order chi connectivity index (χ1) is 9.67. The molecule has 0 saturated heterocycles. The maximum atomic E-state index is 12.3. The van der Waals surface area contributed by atoms with Gasteiger partial charge in [-0.1, -0.05) is 18.5 Å². The number of aryl methyl sites for hydroxylation is 1. The van der Waals surface area contributed by atoms with Gasteiger partial charge in [0.05, 0.1) is 5.69 Å². The summed E-state index contributed by atoms with van der Waals surface area (Å²) in [5.74, 6) is -0.118. The molecule has 0 saturated carbocycles. The minimum atomic E-state index is -0.118. The fraction of sp³-hybridized carbons (Fsp3) is 0.429. The van der Waals surface area contributed by atoms with E-state index in [1.807, 2.05) is 6.92 Å². The quantitative estimate of drug-likeness (QED) is 0.832. The van der Waals surface area contributed by atoms with E-state index in [-0.39, 0.29) is 5.91 Å². The van der Waals surface area contributed by atoms with Crippen molar-refractivity contribution in [2.24, 2.45) is 0 Å². The summed E-state index contributed by atoms with van der Waals surface area (Å²) in [5, 5.41) is 3.50. The zero-order valence-corrected chi connectivity index (χ0v) is 12.4. The number of hydrogen-bond acceptors (Lipinski definition) is 3. The van der Waals surface area contributed by atoms with Crippen LogP contribution in [0.25, 0.3) is 5.65 Å². The standard InChI is InChI=1S/C14H18ClN3O2/c1-3-11-13(14(19)16-6-4-8-20-2)18-7-5-10(15)9-12(18)17-11/h5,7,9H,3-4,6,8H2,1-2H3,(H,16,19). The molecule has 0 unspecified atom stereocenters. The van der Waals surface area contributed by atoms with E-state index in [1.165, 1.54) is 0 Å². The van der Waals surface area contributed by atoms with Crippen molar-refractivity contribution in [1.82, 2.24) is 14.7 Å². The van der Waals surface area contributed by atoms with Gasteiger partial charge in [-0.15, -0.1) is 0 Å². The van der Waals surface area contributed by atoms with Crippen LogP contribution in [0.1, 0.15) is 29.5 Å². The first-order valence-electron chi connectivity index (χ1n) is 6.61. The maximum absolute atomic E-state index is 12.3. The number of hydrogen-bond donors (Lipinski definition) is 1. The lowest BCUT2D eigenvalue weighted by Crippen LogP contribution is -2.27. The molecular formula is C14H18ClN3O2. The Morgan fingerprint density at radius 1 is 1.55 bits per heavy atom. The monoisotopic (exact) mass is 295 g/mol. The van der Waals surface area contributed by atoms with Crippen molar-refractivity contribution in [2.45, 2.75) is 19.8 Å². The summed E-state index contributed by atoms with van der Waals surface area (Å²) in [6.45, 7) is 3.19. The van der Waals surface area contributed by atoms with Crippen LogP contribution in [0, 0.1) is 0 Å². The van der Waals surface area contributed by atoms with E-state index in [4.69, 9.17) is 16.3 Å². The van der Waals surface area contributed by atoms with Crippen molar-refractivity contribution in [3.63, 3.8) is 0 Å². The number of halogens is 1. The highest BCUT2D eigenvalue weighted by atomic mass is 35.5. The number of aromatic nitrogens is 2. The highest BCUT2D eigenvalue weighted by Crippen LogP contribution is 2.17. The molecule has 2 heterocycles. The number of imidazole rings is 1. The molecule has 1 amide bonds. The molecule has 0 aliphatic rings. The third-order valence-corrected chi connectivity index (χ3v) is 3.26. The van der Waals surface area contributed by atoms with Gasteiger partial charge in [0.1, 0.15) is 11.3 Å². The van der Waals surface area contributed by atoms with Gasteiger partial charge in [0.25, 0.3) is 5.91 Å². The summed E-state index contributed by atoms with van der Waals surface area (Å²) in [4.78, 5) is 16.8. The number of nitrogens with one attached hydrogen (secondary N) is 1. The van der Waals surface area contributed by atoms with Gasteiger partial charge in [0.15, 0.2) is 0 Å². The predicted molar refractivity (Wildman–Crippen MR) is 78.4 cm³/mol. The normalized spacial score (nSPS) is 10.9. The van der Waals surface area contributed by atoms with Crippen molar-refractivity contribution in [3.8, 4) is 0 Å². The number of nitrogens with zero attached hydrogens (tertiary/aromatic N) is 2. The first kappa shape index (κ1) is 14.8. The van der Waals surface area contributed by atoms with Gasteiger partial charge in [-0.2, -0.15) is 0 Å². The second-order valence-electron chi connectivity index (χ2n) is 4.44. The Morgan fingerprint density at radius 2 is 2.35 bits per heavy atom. The molecule has 20 heavy (non-hydrogen) atoms. The van der Waals surface area contributed by atoms with Crippen LogP contribution in [0.3, 0.4) is 0 Å². The molecule has 0 aliphatic carbocycles. The third-order valence-electron chi connectivity index (χ3n) is 3.02. The van der Waals surface area contributed by atoms with E-state index in [9.17, 15) is 4.79 Å². The zero-order valence-electron chi connectivity index (χ0n) is 11.6. The van der Waals surface area contributed by atoms with Gasteiger partial charge in [0, 0.05) is 37.5 Å². The van der Waals surface area contributed by atoms with E-state index in [1.54, 1.807) is 29.8 Å². The van der Waals surface area contributed by atoms with Crippen molar-refractivity contribution in [3.05, 3.63) is 34.7 Å². The molecule has 1 N–H and O–H groups in total. The van der Waals surface area contributed by atoms with Crippen LogP contribution in [0.2, 0.25) is 5.02 Å². The number of ether oxygens (including phenoxy) is 1. The van der Waals surface area contributed by atoms with E-state index in [0.717, 1.165) is 12.1 Å². The molecule has 0 bridgehead atoms. The Kier molecular flexibility index (Phi) is 4.98. The Bertz CT molecular complexity index is 610. The number of carbonyl (C=O) groups excluding carboxylic acids is 1. The lowest BCUT2D eigenvalue weighted by Gasteiger charge is -2.06. The van der Waals surface area contributed by atoms with Gasteiger partial charge in [-0.25, -0.2) is 4.98 Å². The molecule has 108 valence electrons. The van der Waals surface area contributed by atoms with Crippen molar-refractivity contribution in [2.75, 3.05) is 20.3 Å². The molecule has 2 rings (SSSR count). The number of pyridine rings is 1. The van der Waals surface area contributed by atoms with Crippen molar-refractivity contribution < 1.29 is 9.53 Å². The SMILES string of the molecule is CCc1nc2cc(Cl)ccn2c1C(=O)NCCCOC. The molecular weight excluding hydrogens is 278 g/mol. The number of amides is 1. The largest absolute Gasteiger partial charge is 0.385 e. The van der Waals surface area contributed by atoms with Crippen molar-refractivity contribution in [1.29, 1.82) is 0 Å². The van der Waals surface area contributed by atoms with E-state index in [2.05, 4.69) is 10.3 Å². The summed E-state index contributed by atoms with van der Waals surface area (Å²) in [5.41, 5.74) is 2.05. The topological polar surface area (TPSA) is 55.6 Å². The van der Waals surface area contributed by atoms with Gasteiger partial charge in [0.2, 0.25) is 0 Å². The molecule has 5 nitrogen and oxygen atoms in total. The van der Waals surface area contributed by atoms with Crippen LogP contribution in [0.4, 0.5) is 0 Å². The van der Waals surface area contributed by atoms with Crippen LogP contribution in [0.15, 0.2) is 18.3 Å². The molecule has 0 aliphatic heterocycles. The lowest BCUT2D eigenvalue weighted by atomic mass is 10.2. The average Bonchev–Trinajstić information content (AvgIpc) is 2.80. The minimum absolute atomic E-state index is 0.118. The van der Waals surface area contributed by atoms with E-state index in [0.29, 0.717) is 35.9 Å². The number of rotatable bonds is 6. The Labute approximate surface area is 122 Å². The predicted octanol–water partition coefficient (Wildman–Crippen LogP) is 2.32. The molecule has 0 atom stereocenters. The number of carbonyl (C=O) groups is 1. The first-order valence-corrected chi connectivity index (χ1v) is 6.98. The Balaban J connectivity index is 2.25. The second-order valence-corrected chi connectivity index (χ2v) is 4.87. The van der Waals surface area contributed by atoms with E-state index >= 15 is 0 Å². The fourth-order valence-electron chi connectivity index (χ4n) is 2.06. The lowest BCUT2D eigenvalue weighted by molar-refractivity contribution is 0.0941. The molecule has 0 spiro atoms. The fourth-order valence-corrected chi connectivity index (χ4v) is 2.21. The van der Waals surface area contributed by atoms with Crippen LogP contribution < -0.4 is 5.32 Å². The number of methoxy groups -OCH3 is 1. The highest BCUT2D eigenvalue weighted by Gasteiger charge is 2.17. The molecule has 6 heteroatoms. The summed E-state index contributed by atoms with van der Waals surface area (Å²) < 4.78 is 6.73. The summed E-state index contributed by atoms with van der Waals surface area (Å²) in [6.07, 6.45) is 3.25. The highest BCUT2D eigenvalue weighted by molar-refractivity contribution is 6.30. The van der Waals surface area contributed by atoms with Gasteiger partial charge in [-0.05, 0) is 18.9 Å². The molecule has 0 radical (unpaired) electrons. The van der Waals surface area contributed by atoms with Crippen LogP contribution in [-0.4, -0.2) is 35.6 Å². The minimum Gasteiger partial charge on any atom is -0.385 e. The summed E-state index contributed by atoms with van der Waals surface area (Å²) in [7, 11) is 1.64. The van der Waals surface area contributed by atoms with Crippen LogP contribution in [0.5, 0.6) is 0 Å². The Morgan fingerprint density at radius 3 is 3.05 bits per heavy atom. The van der Waals surface area contributed by atoms with Gasteiger partial charge < -0.3 is 10.1 Å². The zero-order chi connectivity index (χ0) is 14.5. The average molecular weight is 296 g/mol. The number of fused-ring (bicyclic) bond motifs is 1. The van der Waals surface area contributed by atoms with Crippen LogP contribution in [-0.2, 0) is 11.2 Å². The van der Waals surface area contributed by atoms with Crippen molar-refractivity contribution >= 4 is 23.2 Å². The molecule has 0 fully saturated rings. The van der Waals surface area contributed by atoms with Gasteiger partial charge >= 0.3 is 0 Å². The molecule has 2 aromatic rings. The van der Waals surface area contributed by atoms with Gasteiger partial charge in [-0.3, -0.25) is 9.20 Å². The smallest absolute Gasteiger partial charge is 0.270 e. The summed E-state index contributed by atoms with van der Waals surface area (Å²) in [6, 6.07) is 3.50. The maximum Gasteiger partial charge on any atom is 0.270 e. The third kappa shape index (κ3) is 3.11. The molecule has 2 aromatic heterocycles. The summed E-state index contributed by atoms with van der Waals surface area (Å²) >= 11 is 5.95. The van der Waals surface area contributed by atoms with E-state index < -0.39 is 0 Å². The van der Waals surface area contributed by atoms with Crippen LogP contribution >= 0.6 is 11.6 Å². The Hall–Kier alpha value is -1.59.